The summed E-state index contributed by atoms with van der Waals surface area (Å²) in [7, 11) is 1.91. The molecule has 0 spiro atoms. The van der Waals surface area contributed by atoms with Gasteiger partial charge in [0.05, 0.1) is 12.0 Å². The van der Waals surface area contributed by atoms with E-state index in [-0.39, 0.29) is 11.9 Å². The van der Waals surface area contributed by atoms with E-state index in [1.165, 1.54) is 6.07 Å². The van der Waals surface area contributed by atoms with Crippen molar-refractivity contribution in [3.05, 3.63) is 53.2 Å². The van der Waals surface area contributed by atoms with E-state index < -0.39 is 0 Å². The maximum Gasteiger partial charge on any atom is 0.146 e. The summed E-state index contributed by atoms with van der Waals surface area (Å²) >= 11 is 0. The van der Waals surface area contributed by atoms with Crippen LogP contribution in [0.3, 0.4) is 0 Å². The van der Waals surface area contributed by atoms with Crippen molar-refractivity contribution >= 4 is 5.69 Å². The molecule has 0 aliphatic carbocycles. The second-order valence-electron chi connectivity index (χ2n) is 5.32. The molecule has 0 radical (unpaired) electrons. The maximum absolute atomic E-state index is 14.3. The van der Waals surface area contributed by atoms with E-state index >= 15 is 0 Å². The zero-order valence-corrected chi connectivity index (χ0v) is 13.1. The number of hydrogen-bond donors (Lipinski definition) is 1. The lowest BCUT2D eigenvalue weighted by Gasteiger charge is -2.26. The summed E-state index contributed by atoms with van der Waals surface area (Å²) in [6, 6.07) is 7.29. The van der Waals surface area contributed by atoms with E-state index in [0.717, 1.165) is 23.4 Å². The molecule has 0 aliphatic rings. The number of nitrogens with zero attached hydrogens (tertiary/aromatic N) is 1. The molecule has 3 nitrogen and oxygen atoms in total. The Labute approximate surface area is 125 Å². The molecule has 2 aromatic rings. The van der Waals surface area contributed by atoms with E-state index in [9.17, 15) is 4.39 Å². The van der Waals surface area contributed by atoms with Crippen molar-refractivity contribution in [3.63, 3.8) is 0 Å². The van der Waals surface area contributed by atoms with Gasteiger partial charge >= 0.3 is 0 Å². The van der Waals surface area contributed by atoms with Crippen molar-refractivity contribution < 1.29 is 8.81 Å². The monoisotopic (exact) mass is 290 g/mol. The lowest BCUT2D eigenvalue weighted by atomic mass is 10.0. The first-order chi connectivity index (χ1) is 10.0. The Hall–Kier alpha value is -1.81. The van der Waals surface area contributed by atoms with Crippen LogP contribution in [0, 0.1) is 12.7 Å². The number of hydrogen-bond acceptors (Lipinski definition) is 3. The largest absolute Gasteiger partial charge is 0.469 e. The van der Waals surface area contributed by atoms with Crippen molar-refractivity contribution in [2.24, 2.45) is 0 Å². The molecule has 0 amide bonds. The first-order valence-electron chi connectivity index (χ1n) is 7.30. The molecule has 0 saturated carbocycles. The Morgan fingerprint density at radius 3 is 2.71 bits per heavy atom. The summed E-state index contributed by atoms with van der Waals surface area (Å²) in [4.78, 5) is 1.94. The molecule has 0 bridgehead atoms. The summed E-state index contributed by atoms with van der Waals surface area (Å²) in [5.41, 5.74) is 2.69. The number of nitrogens with one attached hydrogen (secondary N) is 1. The molecule has 4 heteroatoms. The van der Waals surface area contributed by atoms with Crippen LogP contribution in [-0.2, 0) is 6.54 Å². The van der Waals surface area contributed by atoms with Crippen LogP contribution in [0.2, 0.25) is 0 Å². The summed E-state index contributed by atoms with van der Waals surface area (Å²) in [6.45, 7) is 7.50. The van der Waals surface area contributed by atoms with Crippen molar-refractivity contribution in [1.82, 2.24) is 5.32 Å². The molecular weight excluding hydrogens is 267 g/mol. The minimum absolute atomic E-state index is 0.105. The van der Waals surface area contributed by atoms with Gasteiger partial charge in [0.2, 0.25) is 0 Å². The Morgan fingerprint density at radius 1 is 1.33 bits per heavy atom. The highest BCUT2D eigenvalue weighted by atomic mass is 19.1. The van der Waals surface area contributed by atoms with Gasteiger partial charge in [0.1, 0.15) is 11.6 Å². The van der Waals surface area contributed by atoms with Crippen LogP contribution in [-0.4, -0.2) is 13.6 Å². The SMILES string of the molecule is CCNC(C)c1cccc(F)c1N(C)Cc1ccoc1C. The average molecular weight is 290 g/mol. The molecule has 0 fully saturated rings. The van der Waals surface area contributed by atoms with E-state index in [1.54, 1.807) is 12.3 Å². The second-order valence-corrected chi connectivity index (χ2v) is 5.32. The third-order valence-electron chi connectivity index (χ3n) is 3.75. The standard InChI is InChI=1S/C17H23FN2O/c1-5-19-12(2)15-7-6-8-16(18)17(15)20(4)11-14-9-10-21-13(14)3/h6-10,12,19H,5,11H2,1-4H3. The fraction of sp³-hybridized carbons (Fsp3) is 0.412. The normalized spacial score (nSPS) is 12.4. The van der Waals surface area contributed by atoms with Crippen molar-refractivity contribution in [3.8, 4) is 0 Å². The van der Waals surface area contributed by atoms with Crippen LogP contribution in [0.5, 0.6) is 0 Å². The molecule has 1 heterocycles. The molecule has 0 saturated heterocycles. The molecule has 1 atom stereocenters. The van der Waals surface area contributed by atoms with Crippen molar-refractivity contribution in [1.29, 1.82) is 0 Å². The molecule has 0 aliphatic heterocycles. The zero-order valence-electron chi connectivity index (χ0n) is 13.1. The second kappa shape index (κ2) is 6.76. The highest BCUT2D eigenvalue weighted by Crippen LogP contribution is 2.30. The fourth-order valence-corrected chi connectivity index (χ4v) is 2.61. The van der Waals surface area contributed by atoms with Crippen LogP contribution in [0.1, 0.15) is 36.8 Å². The summed E-state index contributed by atoms with van der Waals surface area (Å²) in [5.74, 6) is 0.681. The van der Waals surface area contributed by atoms with Crippen molar-refractivity contribution in [2.75, 3.05) is 18.5 Å². The third-order valence-corrected chi connectivity index (χ3v) is 3.75. The number of aryl methyl sites for hydroxylation is 1. The van der Waals surface area contributed by atoms with Gasteiger partial charge in [-0.3, -0.25) is 0 Å². The predicted molar refractivity (Wildman–Crippen MR) is 84.0 cm³/mol. The van der Waals surface area contributed by atoms with Gasteiger partial charge in [0.25, 0.3) is 0 Å². The molecule has 114 valence electrons. The molecular formula is C17H23FN2O. The first-order valence-corrected chi connectivity index (χ1v) is 7.30. The van der Waals surface area contributed by atoms with Crippen LogP contribution in [0.4, 0.5) is 10.1 Å². The molecule has 1 aromatic carbocycles. The number of anilines is 1. The van der Waals surface area contributed by atoms with Crippen LogP contribution in [0.25, 0.3) is 0 Å². The minimum atomic E-state index is -0.194. The van der Waals surface area contributed by atoms with E-state index in [4.69, 9.17) is 4.42 Å². The van der Waals surface area contributed by atoms with Gasteiger partial charge in [-0.1, -0.05) is 19.1 Å². The molecule has 1 N–H and O–H groups in total. The number of halogens is 1. The molecule has 1 unspecified atom stereocenters. The predicted octanol–water partition coefficient (Wildman–Crippen LogP) is 4.03. The first kappa shape index (κ1) is 15.6. The van der Waals surface area contributed by atoms with Gasteiger partial charge in [-0.25, -0.2) is 4.39 Å². The fourth-order valence-electron chi connectivity index (χ4n) is 2.61. The Balaban J connectivity index is 2.31. The van der Waals surface area contributed by atoms with Crippen LogP contribution >= 0.6 is 0 Å². The molecule has 2 rings (SSSR count). The Bertz CT molecular complexity index is 594. The van der Waals surface area contributed by atoms with Gasteiger partial charge in [0, 0.05) is 25.2 Å². The van der Waals surface area contributed by atoms with Crippen molar-refractivity contribution in [2.45, 2.75) is 33.4 Å². The molecule has 1 aromatic heterocycles. The number of benzene rings is 1. The smallest absolute Gasteiger partial charge is 0.146 e. The number of para-hydroxylation sites is 1. The van der Waals surface area contributed by atoms with Gasteiger partial charge in [-0.05, 0) is 38.1 Å². The van der Waals surface area contributed by atoms with Crippen LogP contribution in [0.15, 0.2) is 34.9 Å². The van der Waals surface area contributed by atoms with Gasteiger partial charge in [0.15, 0.2) is 0 Å². The molecule has 21 heavy (non-hydrogen) atoms. The minimum Gasteiger partial charge on any atom is -0.469 e. The highest BCUT2D eigenvalue weighted by Gasteiger charge is 2.18. The van der Waals surface area contributed by atoms with E-state index in [0.29, 0.717) is 12.2 Å². The topological polar surface area (TPSA) is 28.4 Å². The quantitative estimate of drug-likeness (QED) is 0.870. The Morgan fingerprint density at radius 2 is 2.10 bits per heavy atom. The summed E-state index contributed by atoms with van der Waals surface area (Å²) < 4.78 is 19.7. The highest BCUT2D eigenvalue weighted by molar-refractivity contribution is 5.56. The third kappa shape index (κ3) is 3.45. The lowest BCUT2D eigenvalue weighted by Crippen LogP contribution is -2.24. The summed E-state index contributed by atoms with van der Waals surface area (Å²) in [6.07, 6.45) is 1.67. The van der Waals surface area contributed by atoms with Crippen LogP contribution < -0.4 is 10.2 Å². The van der Waals surface area contributed by atoms with Gasteiger partial charge in [-0.2, -0.15) is 0 Å². The van der Waals surface area contributed by atoms with E-state index in [1.807, 2.05) is 37.9 Å². The zero-order chi connectivity index (χ0) is 15.4. The maximum atomic E-state index is 14.3. The Kier molecular flexibility index (Phi) is 5.02. The number of furan rings is 1. The van der Waals surface area contributed by atoms with Gasteiger partial charge < -0.3 is 14.6 Å². The number of rotatable bonds is 6. The summed E-state index contributed by atoms with van der Waals surface area (Å²) in [5, 5.41) is 3.34. The van der Waals surface area contributed by atoms with Gasteiger partial charge in [-0.15, -0.1) is 0 Å². The average Bonchev–Trinajstić information content (AvgIpc) is 2.84. The lowest BCUT2D eigenvalue weighted by molar-refractivity contribution is 0.529. The van der Waals surface area contributed by atoms with E-state index in [2.05, 4.69) is 12.2 Å².